The van der Waals surface area contributed by atoms with Crippen LogP contribution in [0, 0.1) is 17.5 Å². The predicted molar refractivity (Wildman–Crippen MR) is 70.9 cm³/mol. The van der Waals surface area contributed by atoms with Crippen molar-refractivity contribution in [2.45, 2.75) is 0 Å². The van der Waals surface area contributed by atoms with E-state index in [1.165, 1.54) is 24.3 Å². The number of halogens is 3. The number of amides is 2. The van der Waals surface area contributed by atoms with E-state index in [9.17, 15) is 27.6 Å². The Morgan fingerprint density at radius 2 is 1.48 bits per heavy atom. The van der Waals surface area contributed by atoms with Crippen LogP contribution in [-0.2, 0) is 0 Å². The maximum absolute atomic E-state index is 14.3. The van der Waals surface area contributed by atoms with Gasteiger partial charge in [0.1, 0.15) is 5.56 Å². The number of carboxylic acid groups (broad SMARTS) is 1. The molecule has 2 amide bonds. The topological polar surface area (TPSA) is 74.7 Å². The van der Waals surface area contributed by atoms with E-state index in [4.69, 9.17) is 5.11 Å². The summed E-state index contributed by atoms with van der Waals surface area (Å²) in [5, 5.41) is 8.81. The molecule has 8 heteroatoms. The second-order valence-electron chi connectivity index (χ2n) is 4.68. The van der Waals surface area contributed by atoms with Crippen LogP contribution in [0.15, 0.2) is 30.3 Å². The molecule has 0 atom stereocenters. The predicted octanol–water partition coefficient (Wildman–Crippen LogP) is 2.60. The first kappa shape index (κ1) is 14.8. The summed E-state index contributed by atoms with van der Waals surface area (Å²) in [5.74, 6) is -9.26. The molecule has 3 rings (SSSR count). The van der Waals surface area contributed by atoms with E-state index < -0.39 is 46.5 Å². The van der Waals surface area contributed by atoms with E-state index in [1.807, 2.05) is 0 Å². The molecule has 116 valence electrons. The first-order valence-corrected chi connectivity index (χ1v) is 6.23. The van der Waals surface area contributed by atoms with Crippen molar-refractivity contribution in [3.8, 4) is 0 Å². The van der Waals surface area contributed by atoms with Crippen molar-refractivity contribution in [1.29, 1.82) is 0 Å². The molecule has 2 aromatic carbocycles. The lowest BCUT2D eigenvalue weighted by atomic mass is 10.1. The second kappa shape index (κ2) is 4.94. The zero-order chi connectivity index (χ0) is 16.9. The van der Waals surface area contributed by atoms with Crippen LogP contribution in [0.1, 0.15) is 31.1 Å². The normalized spacial score (nSPS) is 13.4. The first-order chi connectivity index (χ1) is 10.8. The number of rotatable bonds is 2. The summed E-state index contributed by atoms with van der Waals surface area (Å²) in [4.78, 5) is 35.6. The molecule has 1 aliphatic rings. The van der Waals surface area contributed by atoms with Gasteiger partial charge in [0.05, 0.1) is 16.8 Å². The summed E-state index contributed by atoms with van der Waals surface area (Å²) in [6, 6.07) is 5.84. The minimum Gasteiger partial charge on any atom is -0.477 e. The molecular formula is C15H6F3NO4. The minimum absolute atomic E-state index is 0.0430. The number of carbonyl (C=O) groups excluding carboxylic acids is 2. The highest BCUT2D eigenvalue weighted by atomic mass is 19.2. The van der Waals surface area contributed by atoms with Crippen LogP contribution < -0.4 is 4.90 Å². The molecule has 0 unspecified atom stereocenters. The standard InChI is InChI=1S/C15H6F3NO4/c16-8-5-9(12(18)10(11(8)17)15(22)23)19-13(20)6-3-1-2-4-7(6)14(19)21/h1-5H,(H,22,23). The molecule has 2 aromatic rings. The summed E-state index contributed by atoms with van der Waals surface area (Å²) in [7, 11) is 0. The zero-order valence-corrected chi connectivity index (χ0v) is 11.1. The fraction of sp³-hybridized carbons (Fsp3) is 0. The molecule has 1 aliphatic heterocycles. The van der Waals surface area contributed by atoms with Gasteiger partial charge < -0.3 is 5.11 Å². The minimum atomic E-state index is -2.06. The van der Waals surface area contributed by atoms with Crippen molar-refractivity contribution in [2.75, 3.05) is 4.90 Å². The number of nitrogens with zero attached hydrogens (tertiary/aromatic N) is 1. The van der Waals surface area contributed by atoms with E-state index in [0.29, 0.717) is 0 Å². The highest BCUT2D eigenvalue weighted by molar-refractivity contribution is 6.34. The third-order valence-corrected chi connectivity index (χ3v) is 3.39. The first-order valence-electron chi connectivity index (χ1n) is 6.23. The number of carboxylic acids is 1. The summed E-state index contributed by atoms with van der Waals surface area (Å²) in [5.41, 5.74) is -2.61. The lowest BCUT2D eigenvalue weighted by Crippen LogP contribution is -2.31. The number of anilines is 1. The Kier molecular flexibility index (Phi) is 3.17. The fourth-order valence-corrected chi connectivity index (χ4v) is 2.35. The molecule has 0 bridgehead atoms. The van der Waals surface area contributed by atoms with Crippen LogP contribution in [0.4, 0.5) is 18.9 Å². The van der Waals surface area contributed by atoms with Gasteiger partial charge in [-0.3, -0.25) is 9.59 Å². The molecule has 0 radical (unpaired) electrons. The third-order valence-electron chi connectivity index (χ3n) is 3.39. The van der Waals surface area contributed by atoms with Crippen LogP contribution in [0.3, 0.4) is 0 Å². The Hall–Kier alpha value is -3.16. The number of hydrogen-bond acceptors (Lipinski definition) is 3. The van der Waals surface area contributed by atoms with E-state index in [-0.39, 0.29) is 22.1 Å². The summed E-state index contributed by atoms with van der Waals surface area (Å²) in [6.45, 7) is 0. The molecule has 5 nitrogen and oxygen atoms in total. The molecule has 0 spiro atoms. The Morgan fingerprint density at radius 1 is 0.957 bits per heavy atom. The smallest absolute Gasteiger partial charge is 0.341 e. The lowest BCUT2D eigenvalue weighted by Gasteiger charge is -2.16. The average Bonchev–Trinajstić information content (AvgIpc) is 2.75. The Morgan fingerprint density at radius 3 is 1.96 bits per heavy atom. The van der Waals surface area contributed by atoms with Crippen molar-refractivity contribution in [3.05, 3.63) is 64.5 Å². The van der Waals surface area contributed by atoms with Crippen LogP contribution in [-0.4, -0.2) is 22.9 Å². The van der Waals surface area contributed by atoms with Crippen molar-refractivity contribution in [2.24, 2.45) is 0 Å². The van der Waals surface area contributed by atoms with Gasteiger partial charge in [-0.2, -0.15) is 0 Å². The van der Waals surface area contributed by atoms with Crippen molar-refractivity contribution >= 4 is 23.5 Å². The zero-order valence-electron chi connectivity index (χ0n) is 11.1. The Bertz CT molecular complexity index is 860. The van der Waals surface area contributed by atoms with Gasteiger partial charge in [-0.15, -0.1) is 0 Å². The maximum Gasteiger partial charge on any atom is 0.341 e. The molecule has 1 heterocycles. The second-order valence-corrected chi connectivity index (χ2v) is 4.68. The van der Waals surface area contributed by atoms with Crippen LogP contribution in [0.5, 0.6) is 0 Å². The highest BCUT2D eigenvalue weighted by Gasteiger charge is 2.39. The quantitative estimate of drug-likeness (QED) is 0.681. The lowest BCUT2D eigenvalue weighted by molar-refractivity contribution is 0.0683. The molecular weight excluding hydrogens is 315 g/mol. The molecule has 0 aliphatic carbocycles. The van der Waals surface area contributed by atoms with E-state index in [0.717, 1.165) is 0 Å². The summed E-state index contributed by atoms with van der Waals surface area (Å²) >= 11 is 0. The average molecular weight is 321 g/mol. The van der Waals surface area contributed by atoms with Crippen LogP contribution in [0.25, 0.3) is 0 Å². The van der Waals surface area contributed by atoms with Gasteiger partial charge in [-0.1, -0.05) is 12.1 Å². The molecule has 0 saturated carbocycles. The van der Waals surface area contributed by atoms with E-state index >= 15 is 0 Å². The molecule has 23 heavy (non-hydrogen) atoms. The van der Waals surface area contributed by atoms with Crippen LogP contribution in [0.2, 0.25) is 0 Å². The number of imide groups is 1. The van der Waals surface area contributed by atoms with Gasteiger partial charge in [-0.05, 0) is 12.1 Å². The highest BCUT2D eigenvalue weighted by Crippen LogP contribution is 2.33. The van der Waals surface area contributed by atoms with Gasteiger partial charge in [0.25, 0.3) is 11.8 Å². The van der Waals surface area contributed by atoms with Crippen LogP contribution >= 0.6 is 0 Å². The largest absolute Gasteiger partial charge is 0.477 e. The van der Waals surface area contributed by atoms with Crippen molar-refractivity contribution in [3.63, 3.8) is 0 Å². The SMILES string of the molecule is O=C(O)c1c(F)c(F)cc(N2C(=O)c3ccccc3C2=O)c1F. The summed E-state index contributed by atoms with van der Waals surface area (Å²) in [6.07, 6.45) is 0. The van der Waals surface area contributed by atoms with Crippen molar-refractivity contribution in [1.82, 2.24) is 0 Å². The number of benzene rings is 2. The van der Waals surface area contributed by atoms with Crippen molar-refractivity contribution < 1.29 is 32.7 Å². The number of fused-ring (bicyclic) bond motifs is 1. The molecule has 0 saturated heterocycles. The van der Waals surface area contributed by atoms with Gasteiger partial charge in [0, 0.05) is 6.07 Å². The fourth-order valence-electron chi connectivity index (χ4n) is 2.35. The Balaban J connectivity index is 2.24. The van der Waals surface area contributed by atoms with Gasteiger partial charge in [0.15, 0.2) is 17.5 Å². The van der Waals surface area contributed by atoms with Gasteiger partial charge in [-0.25, -0.2) is 22.9 Å². The third kappa shape index (κ3) is 1.99. The molecule has 0 fully saturated rings. The number of aromatic carboxylic acids is 1. The number of carbonyl (C=O) groups is 3. The van der Waals surface area contributed by atoms with Gasteiger partial charge in [0.2, 0.25) is 0 Å². The summed E-state index contributed by atoms with van der Waals surface area (Å²) < 4.78 is 41.3. The van der Waals surface area contributed by atoms with E-state index in [1.54, 1.807) is 0 Å². The molecule has 0 aromatic heterocycles. The number of hydrogen-bond donors (Lipinski definition) is 1. The molecule has 1 N–H and O–H groups in total. The maximum atomic E-state index is 14.3. The van der Waals surface area contributed by atoms with Gasteiger partial charge >= 0.3 is 5.97 Å². The van der Waals surface area contributed by atoms with E-state index in [2.05, 4.69) is 0 Å². The Labute approximate surface area is 126 Å². The monoisotopic (exact) mass is 321 g/mol.